The van der Waals surface area contributed by atoms with Crippen LogP contribution in [0.15, 0.2) is 0 Å². The molecule has 0 spiro atoms. The molecule has 0 aromatic heterocycles. The number of carbonyl (C=O) groups is 4. The molecule has 0 aromatic rings. The third kappa shape index (κ3) is 21.9. The second kappa shape index (κ2) is 43.6. The van der Waals surface area contributed by atoms with Crippen LogP contribution in [0.5, 0.6) is 0 Å². The summed E-state index contributed by atoms with van der Waals surface area (Å²) in [5, 5.41) is 310. The fourth-order valence-corrected chi connectivity index (χ4v) is 15.9. The van der Waals surface area contributed by atoms with E-state index in [1.807, 2.05) is 0 Å². The van der Waals surface area contributed by atoms with Gasteiger partial charge >= 0.3 is 0 Å². The van der Waals surface area contributed by atoms with Crippen LogP contribution in [0.2, 0.25) is 0 Å². The highest BCUT2D eigenvalue weighted by Crippen LogP contribution is 2.41. The number of rotatable bonds is 31. The van der Waals surface area contributed by atoms with Crippen LogP contribution < -0.4 is 21.3 Å². The van der Waals surface area contributed by atoms with Gasteiger partial charge in [0.15, 0.2) is 62.9 Å². The van der Waals surface area contributed by atoms with Gasteiger partial charge < -0.3 is 249 Å². The van der Waals surface area contributed by atoms with Crippen molar-refractivity contribution in [2.45, 2.75) is 341 Å². The fraction of sp³-hybridized carbons (Fsp3) is 0.941. The summed E-state index contributed by atoms with van der Waals surface area (Å²) < 4.78 is 113. The highest BCUT2D eigenvalue weighted by atomic mass is 16.8. The molecule has 54 heteroatoms. The molecule has 706 valence electrons. The van der Waals surface area contributed by atoms with Crippen LogP contribution in [0.3, 0.4) is 0 Å². The summed E-state index contributed by atoms with van der Waals surface area (Å²) in [5.74, 6) is -3.82. The van der Waals surface area contributed by atoms with Crippen molar-refractivity contribution in [2.75, 3.05) is 59.5 Å². The van der Waals surface area contributed by atoms with Crippen LogP contribution in [-0.2, 0) is 109 Å². The Hall–Kier alpha value is -3.96. The molecule has 10 fully saturated rings. The molecule has 10 rings (SSSR count). The van der Waals surface area contributed by atoms with E-state index in [4.69, 9.17) is 90.0 Å². The van der Waals surface area contributed by atoms with E-state index in [-0.39, 0.29) is 0 Å². The Bertz CT molecular complexity index is 3290. The molecular weight excluding hydrogens is 1670 g/mol. The summed E-state index contributed by atoms with van der Waals surface area (Å²) in [5.41, 5.74) is 0. The topological polar surface area (TPSA) is 838 Å². The minimum Gasteiger partial charge on any atom is -0.394 e. The third-order valence-electron chi connectivity index (χ3n) is 22.4. The first-order valence-electron chi connectivity index (χ1n) is 39.0. The van der Waals surface area contributed by atoms with Gasteiger partial charge in [-0.05, 0) is 6.92 Å². The first-order valence-corrected chi connectivity index (χ1v) is 39.0. The Morgan fingerprint density at radius 1 is 0.230 bits per heavy atom. The van der Waals surface area contributed by atoms with E-state index in [1.165, 1.54) is 6.92 Å². The van der Waals surface area contributed by atoms with E-state index in [0.29, 0.717) is 0 Å². The van der Waals surface area contributed by atoms with Crippen LogP contribution in [0.4, 0.5) is 0 Å². The summed E-state index contributed by atoms with van der Waals surface area (Å²) in [6, 6.07) is -7.78. The molecule has 31 N–H and O–H groups in total. The molecule has 10 aliphatic rings. The zero-order chi connectivity index (χ0) is 89.8. The van der Waals surface area contributed by atoms with Gasteiger partial charge in [-0.1, -0.05) is 0 Å². The van der Waals surface area contributed by atoms with Crippen molar-refractivity contribution >= 4 is 23.6 Å². The van der Waals surface area contributed by atoms with Crippen molar-refractivity contribution in [3.63, 3.8) is 0 Å². The summed E-state index contributed by atoms with van der Waals surface area (Å²) in [4.78, 5) is 52.1. The number of hydrogen-bond donors (Lipinski definition) is 31. The van der Waals surface area contributed by atoms with Gasteiger partial charge in [-0.3, -0.25) is 19.2 Å². The average molecular weight is 1790 g/mol. The van der Waals surface area contributed by atoms with Crippen LogP contribution >= 0.6 is 0 Å². The number of nitrogens with one attached hydrogen (secondary N) is 4. The monoisotopic (exact) mass is 1790 g/mol. The lowest BCUT2D eigenvalue weighted by Gasteiger charge is -2.51. The van der Waals surface area contributed by atoms with Crippen molar-refractivity contribution in [2.24, 2.45) is 0 Å². The molecule has 122 heavy (non-hydrogen) atoms. The number of hydrogen-bond acceptors (Lipinski definition) is 50. The van der Waals surface area contributed by atoms with Gasteiger partial charge in [-0.25, -0.2) is 0 Å². The summed E-state index contributed by atoms with van der Waals surface area (Å²) in [7, 11) is 0. The van der Waals surface area contributed by atoms with Gasteiger partial charge in [0.05, 0.1) is 65.6 Å². The summed E-state index contributed by atoms with van der Waals surface area (Å²) in [6.07, 6.45) is -95.0. The first-order chi connectivity index (χ1) is 57.7. The van der Waals surface area contributed by atoms with Crippen LogP contribution in [0, 0.1) is 0 Å². The molecule has 10 aliphatic heterocycles. The van der Waals surface area contributed by atoms with E-state index in [9.17, 15) is 157 Å². The Balaban J connectivity index is 0.965. The van der Waals surface area contributed by atoms with Gasteiger partial charge in [0.25, 0.3) is 0 Å². The van der Waals surface area contributed by atoms with E-state index in [1.54, 1.807) is 0 Å². The second-order valence-electron chi connectivity index (χ2n) is 31.0. The molecule has 10 heterocycles. The highest BCUT2D eigenvalue weighted by molar-refractivity contribution is 5.74. The maximum atomic E-state index is 13.3. The second-order valence-corrected chi connectivity index (χ2v) is 31.0. The lowest BCUT2D eigenvalue weighted by molar-refractivity contribution is -0.400. The Labute approximate surface area is 691 Å². The number of carbonyl (C=O) groups excluding carboxylic acids is 4. The van der Waals surface area contributed by atoms with Crippen molar-refractivity contribution < 1.29 is 247 Å². The Morgan fingerprint density at radius 2 is 0.500 bits per heavy atom. The highest BCUT2D eigenvalue weighted by Gasteiger charge is 2.62. The maximum absolute atomic E-state index is 13.3. The normalized spacial score (nSPS) is 49.7. The van der Waals surface area contributed by atoms with Crippen LogP contribution in [-0.4, -0.2) is 528 Å². The number of aliphatic hydroxyl groups excluding tert-OH is 27. The predicted octanol–water partition coefficient (Wildman–Crippen LogP) is -21.2. The predicted molar refractivity (Wildman–Crippen MR) is 375 cm³/mol. The minimum absolute atomic E-state index is 0.856. The van der Waals surface area contributed by atoms with Gasteiger partial charge in [-0.15, -0.1) is 0 Å². The van der Waals surface area contributed by atoms with Crippen LogP contribution in [0.25, 0.3) is 0 Å². The molecule has 0 aromatic carbocycles. The molecule has 50 atom stereocenters. The summed E-state index contributed by atoms with van der Waals surface area (Å²) in [6.45, 7) is -5.06. The van der Waals surface area contributed by atoms with Gasteiger partial charge in [-0.2, -0.15) is 0 Å². The number of aliphatic hydroxyl groups is 27. The Morgan fingerprint density at radius 3 is 0.918 bits per heavy atom. The summed E-state index contributed by atoms with van der Waals surface area (Å²) >= 11 is 0. The fourth-order valence-electron chi connectivity index (χ4n) is 15.9. The van der Waals surface area contributed by atoms with Gasteiger partial charge in [0, 0.05) is 27.7 Å². The van der Waals surface area contributed by atoms with Gasteiger partial charge in [0.1, 0.15) is 238 Å². The third-order valence-corrected chi connectivity index (χ3v) is 22.4. The van der Waals surface area contributed by atoms with E-state index in [0.717, 1.165) is 27.7 Å². The largest absolute Gasteiger partial charge is 0.394 e. The standard InChI is InChI=1S/C68H114N4O50/c1-15-33(85)43(95)47(99)64(105-15)122-58-57(121-61-29(69-16(2)81)39(91)34(86)20(6-73)107-61)37(89)23(9-76)110-68(58)118-53-25(11-78)111-60(30(40(53)92)70-17(3)82)104-14-28-38(90)56(120-63-31(71-18(4)83)41(93)51(26(12-79)112-63)115-65-48(100)44(96)35(87)21(7-74)108-65)50(102)67(114-28)116-52-27(13-80)113-62(32(42(52)94)72-19(5)84)119-55-36(88)22(8-75)109-66(49(55)101)117-54-24(10-77)106-59(103)46(98)45(54)97/h15,20-68,73-80,85-103H,6-14H2,1-5H3,(H,69,81)(H,70,82)(H,71,83)(H,72,84)/t15-,20+,21+,22+,23+,24+,25+,26+,27+,28+,29+,30+,31+,32+,33+,34-,35-,36-,37-,38-,39+,40+,41+,42+,43+,44-,45+,46+,47-,48+,49+,50+,51+,52+,53+,54+,55-,56-,57-,58+,59+,60+,61+,62-,63-,64-,65-,66-,67-,68-/m0/s1. The molecule has 0 saturated carbocycles. The number of ether oxygens (including phenoxy) is 19. The molecule has 54 nitrogen and oxygen atoms in total. The van der Waals surface area contributed by atoms with E-state index >= 15 is 0 Å². The average Bonchev–Trinajstić information content (AvgIpc) is 0.764. The van der Waals surface area contributed by atoms with Crippen molar-refractivity contribution in [1.82, 2.24) is 21.3 Å². The molecule has 0 bridgehead atoms. The minimum atomic E-state index is -2.54. The first kappa shape index (κ1) is 100. The van der Waals surface area contributed by atoms with Crippen LogP contribution in [0.1, 0.15) is 34.6 Å². The Kier molecular flexibility index (Phi) is 35.8. The smallest absolute Gasteiger partial charge is 0.217 e. The lowest BCUT2D eigenvalue weighted by Crippen LogP contribution is -2.71. The van der Waals surface area contributed by atoms with Crippen molar-refractivity contribution in [1.29, 1.82) is 0 Å². The molecule has 0 radical (unpaired) electrons. The SMILES string of the molecule is CC(=O)N[C@H]1[C@H](O[C@H]2[C@@H](O)[C@@H](CO[C@@H]3O[C@H](CO)[C@@H](O[C@@H]4O[C@H](CO)[C@H](O)[C@H](O[C@H]5O[C@H](CO)[C@H](O)[C@H](O)[C@H]5NC(C)=O)[C@H]4O[C@@H]4O[C@@H](C)[C@@H](O)[C@@H](O)[C@@H]4O)[C@H](O)[C@H]3NC(C)=O)O[C@@H](O[C@H]3[C@H](O)[C@@H](NC(C)=O)[C@H](O[C@H]4[C@@H](O)[C@@H](CO)O[C@@H](O[C@H]5[C@H](O)[C@@H](O)[C@H](O)O[C@@H]5CO)[C@@H]4O)O[C@@H]3CO)[C@@H]2O)O[C@H](CO)[C@@H](O[C@@H]2O[C@H](CO)[C@H](O)[C@H](O)[C@H]2O)[C@@H]1O. The molecule has 4 amide bonds. The number of amides is 4. The van der Waals surface area contributed by atoms with E-state index < -0.39 is 390 Å². The van der Waals surface area contributed by atoms with E-state index in [2.05, 4.69) is 21.3 Å². The van der Waals surface area contributed by atoms with Crippen molar-refractivity contribution in [3.8, 4) is 0 Å². The van der Waals surface area contributed by atoms with Crippen molar-refractivity contribution in [3.05, 3.63) is 0 Å². The maximum Gasteiger partial charge on any atom is 0.217 e. The van der Waals surface area contributed by atoms with Gasteiger partial charge in [0.2, 0.25) is 23.6 Å². The molecule has 0 unspecified atom stereocenters. The molecule has 10 saturated heterocycles. The zero-order valence-corrected chi connectivity index (χ0v) is 65.7. The lowest BCUT2D eigenvalue weighted by atomic mass is 9.93. The zero-order valence-electron chi connectivity index (χ0n) is 65.7. The molecular formula is C68H114N4O50. The molecule has 0 aliphatic carbocycles. The quantitative estimate of drug-likeness (QED) is 0.0306.